The number of nitrogens with one attached hydrogen (secondary N) is 1. The molecule has 0 spiro atoms. The molecule has 0 saturated carbocycles. The minimum Gasteiger partial charge on any atom is -0.465 e. The Morgan fingerprint density at radius 2 is 2.09 bits per heavy atom. The highest BCUT2D eigenvalue weighted by molar-refractivity contribution is 6.31. The molecule has 1 aromatic carbocycles. The van der Waals surface area contributed by atoms with Gasteiger partial charge in [0, 0.05) is 30.7 Å². The number of ether oxygens (including phenoxy) is 2. The topological polar surface area (TPSA) is 99.3 Å². The second-order valence-corrected chi connectivity index (χ2v) is 9.49. The van der Waals surface area contributed by atoms with Gasteiger partial charge >= 0.3 is 17.8 Å². The maximum atomic E-state index is 12.5. The Kier molecular flexibility index (Phi) is 10.2. The molecule has 0 bridgehead atoms. The first kappa shape index (κ1) is 27.8. The summed E-state index contributed by atoms with van der Waals surface area (Å²) in [6.45, 7) is 15.8. The SMILES string of the molecule is [C-]#[N+]/C(C#N)=C(/N(CC(=O)OCC)Cc1ccccc1Cl)N1CCC[C@@H](NC(=O)OC(C)(C)C)C1. The summed E-state index contributed by atoms with van der Waals surface area (Å²) in [6, 6.07) is 8.90. The Hall–Kier alpha value is -3.43. The van der Waals surface area contributed by atoms with Crippen LogP contribution in [0.1, 0.15) is 46.1 Å². The van der Waals surface area contributed by atoms with Crippen LogP contribution in [0.25, 0.3) is 4.85 Å². The number of esters is 1. The molecular weight excluding hydrogens is 470 g/mol. The van der Waals surface area contributed by atoms with Crippen molar-refractivity contribution in [2.75, 3.05) is 26.2 Å². The predicted octanol–water partition coefficient (Wildman–Crippen LogP) is 4.31. The maximum absolute atomic E-state index is 12.5. The Morgan fingerprint density at radius 1 is 1.37 bits per heavy atom. The van der Waals surface area contributed by atoms with E-state index < -0.39 is 17.7 Å². The zero-order valence-electron chi connectivity index (χ0n) is 20.6. The van der Waals surface area contributed by atoms with Crippen LogP contribution in [0.2, 0.25) is 5.02 Å². The molecule has 188 valence electrons. The molecule has 2 rings (SSSR count). The molecule has 0 aromatic heterocycles. The molecule has 1 saturated heterocycles. The minimum absolute atomic E-state index is 0.153. The van der Waals surface area contributed by atoms with Gasteiger partial charge in [0.2, 0.25) is 0 Å². The monoisotopic (exact) mass is 501 g/mol. The number of carbonyl (C=O) groups excluding carboxylic acids is 2. The number of rotatable bonds is 8. The van der Waals surface area contributed by atoms with Gasteiger partial charge in [-0.2, -0.15) is 0 Å². The van der Waals surface area contributed by atoms with E-state index in [9.17, 15) is 14.9 Å². The highest BCUT2D eigenvalue weighted by Gasteiger charge is 2.30. The van der Waals surface area contributed by atoms with Gasteiger partial charge in [0.1, 0.15) is 18.0 Å². The molecule has 0 aliphatic carbocycles. The van der Waals surface area contributed by atoms with Gasteiger partial charge in [0.25, 0.3) is 0 Å². The summed E-state index contributed by atoms with van der Waals surface area (Å²) in [5.74, 6) is -0.175. The average Bonchev–Trinajstić information content (AvgIpc) is 2.77. The molecule has 1 fully saturated rings. The quantitative estimate of drug-likeness (QED) is 0.322. The second-order valence-electron chi connectivity index (χ2n) is 9.08. The zero-order chi connectivity index (χ0) is 26.0. The summed E-state index contributed by atoms with van der Waals surface area (Å²) in [5.41, 5.74) is -0.0505. The van der Waals surface area contributed by atoms with Crippen molar-refractivity contribution in [3.63, 3.8) is 0 Å². The van der Waals surface area contributed by atoms with Gasteiger partial charge in [0.15, 0.2) is 0 Å². The zero-order valence-corrected chi connectivity index (χ0v) is 21.4. The number of halogens is 1. The first-order valence-corrected chi connectivity index (χ1v) is 11.9. The van der Waals surface area contributed by atoms with E-state index in [4.69, 9.17) is 27.6 Å². The Bertz CT molecular complexity index is 1010. The lowest BCUT2D eigenvalue weighted by molar-refractivity contribution is -0.144. The van der Waals surface area contributed by atoms with Crippen LogP contribution >= 0.6 is 11.6 Å². The molecule has 10 heteroatoms. The van der Waals surface area contributed by atoms with Crippen molar-refractivity contribution >= 4 is 23.7 Å². The number of allylic oxidation sites excluding steroid dienone is 1. The molecule has 1 aliphatic heterocycles. The van der Waals surface area contributed by atoms with Gasteiger partial charge in [-0.15, -0.1) is 0 Å². The number of benzene rings is 1. The van der Waals surface area contributed by atoms with Crippen LogP contribution in [0.5, 0.6) is 0 Å². The van der Waals surface area contributed by atoms with Crippen LogP contribution in [0.3, 0.4) is 0 Å². The molecular formula is C25H32ClN5O4. The molecule has 9 nitrogen and oxygen atoms in total. The molecule has 1 atom stereocenters. The van der Waals surface area contributed by atoms with E-state index >= 15 is 0 Å². The number of nitrogens with zero attached hydrogens (tertiary/aromatic N) is 4. The first-order valence-electron chi connectivity index (χ1n) is 11.5. The number of carbonyl (C=O) groups is 2. The number of nitriles is 1. The molecule has 1 N–H and O–H groups in total. The van der Waals surface area contributed by atoms with Crippen LogP contribution in [0, 0.1) is 17.9 Å². The Labute approximate surface area is 212 Å². The van der Waals surface area contributed by atoms with E-state index in [-0.39, 0.29) is 31.4 Å². The fourth-order valence-electron chi connectivity index (χ4n) is 3.79. The average molecular weight is 502 g/mol. The van der Waals surface area contributed by atoms with Crippen molar-refractivity contribution in [1.29, 1.82) is 5.26 Å². The molecule has 0 unspecified atom stereocenters. The maximum Gasteiger partial charge on any atom is 0.407 e. The third kappa shape index (κ3) is 8.70. The fourth-order valence-corrected chi connectivity index (χ4v) is 3.98. The number of hydrogen-bond donors (Lipinski definition) is 1. The van der Waals surface area contributed by atoms with E-state index in [1.54, 1.807) is 44.7 Å². The lowest BCUT2D eigenvalue weighted by Crippen LogP contribution is -2.51. The van der Waals surface area contributed by atoms with E-state index in [1.807, 2.05) is 23.1 Å². The van der Waals surface area contributed by atoms with Gasteiger partial charge in [-0.1, -0.05) is 29.8 Å². The van der Waals surface area contributed by atoms with Crippen molar-refractivity contribution in [3.05, 3.63) is 57.8 Å². The highest BCUT2D eigenvalue weighted by Crippen LogP contribution is 2.26. The third-order valence-corrected chi connectivity index (χ3v) is 5.48. The van der Waals surface area contributed by atoms with Gasteiger partial charge in [-0.05, 0) is 52.2 Å². The summed E-state index contributed by atoms with van der Waals surface area (Å²) in [5, 5.41) is 13.1. The third-order valence-electron chi connectivity index (χ3n) is 5.12. The van der Waals surface area contributed by atoms with Crippen molar-refractivity contribution < 1.29 is 19.1 Å². The number of hydrogen-bond acceptors (Lipinski definition) is 7. The lowest BCUT2D eigenvalue weighted by Gasteiger charge is -2.41. The normalized spacial score (nSPS) is 16.3. The first-order chi connectivity index (χ1) is 16.6. The number of likely N-dealkylation sites (tertiary alicyclic amines) is 1. The van der Waals surface area contributed by atoms with Gasteiger partial charge < -0.3 is 24.6 Å². The Balaban J connectivity index is 2.39. The van der Waals surface area contributed by atoms with Crippen LogP contribution in [-0.4, -0.2) is 59.7 Å². The molecule has 1 amide bonds. The number of alkyl carbamates (subject to hydrolysis) is 1. The summed E-state index contributed by atoms with van der Waals surface area (Å²) in [6.07, 6.45) is 0.894. The van der Waals surface area contributed by atoms with Crippen molar-refractivity contribution in [2.45, 2.75) is 58.7 Å². The fraction of sp³-hybridized carbons (Fsp3) is 0.520. The largest absolute Gasteiger partial charge is 0.465 e. The van der Waals surface area contributed by atoms with Crippen LogP contribution in [-0.2, 0) is 20.8 Å². The highest BCUT2D eigenvalue weighted by atomic mass is 35.5. The second kappa shape index (κ2) is 12.9. The van der Waals surface area contributed by atoms with Crippen LogP contribution in [0.4, 0.5) is 4.79 Å². The number of amides is 1. The molecule has 1 aliphatic rings. The van der Waals surface area contributed by atoms with E-state index in [2.05, 4.69) is 10.2 Å². The van der Waals surface area contributed by atoms with Gasteiger partial charge in [0.05, 0.1) is 19.2 Å². The molecule has 1 heterocycles. The van der Waals surface area contributed by atoms with E-state index in [1.165, 1.54) is 0 Å². The summed E-state index contributed by atoms with van der Waals surface area (Å²) < 4.78 is 10.5. The van der Waals surface area contributed by atoms with Crippen LogP contribution < -0.4 is 5.32 Å². The summed E-state index contributed by atoms with van der Waals surface area (Å²) >= 11 is 6.38. The van der Waals surface area contributed by atoms with Gasteiger partial charge in [-0.3, -0.25) is 4.79 Å². The van der Waals surface area contributed by atoms with E-state index in [0.717, 1.165) is 5.56 Å². The summed E-state index contributed by atoms with van der Waals surface area (Å²) in [7, 11) is 0. The van der Waals surface area contributed by atoms with Crippen molar-refractivity contribution in [3.8, 4) is 6.07 Å². The lowest BCUT2D eigenvalue weighted by atomic mass is 10.1. The Morgan fingerprint density at radius 3 is 2.69 bits per heavy atom. The molecule has 1 aromatic rings. The molecule has 0 radical (unpaired) electrons. The number of piperidine rings is 1. The predicted molar refractivity (Wildman–Crippen MR) is 132 cm³/mol. The van der Waals surface area contributed by atoms with Crippen molar-refractivity contribution in [1.82, 2.24) is 15.1 Å². The van der Waals surface area contributed by atoms with Crippen LogP contribution in [0.15, 0.2) is 35.8 Å². The molecule has 35 heavy (non-hydrogen) atoms. The standard InChI is InChI=1S/C25H32ClN5O4/c1-6-34-22(32)17-31(15-18-10-7-8-12-20(18)26)23(21(14-27)28-5)30-13-9-11-19(16-30)29-24(33)35-25(2,3)4/h7-8,10,12,19H,6,9,11,13,15-17H2,1-4H3,(H,29,33)/b23-21+/t19-/m1/s1. The van der Waals surface area contributed by atoms with Gasteiger partial charge in [-0.25, -0.2) is 14.9 Å². The van der Waals surface area contributed by atoms with Crippen molar-refractivity contribution in [2.24, 2.45) is 0 Å². The smallest absolute Gasteiger partial charge is 0.407 e. The summed E-state index contributed by atoms with van der Waals surface area (Å²) in [4.78, 5) is 31.8. The van der Waals surface area contributed by atoms with E-state index in [0.29, 0.717) is 36.8 Å². The minimum atomic E-state index is -0.632.